The van der Waals surface area contributed by atoms with E-state index in [4.69, 9.17) is 0 Å². The Balaban J connectivity index is 2.01. The van der Waals surface area contributed by atoms with E-state index in [1.54, 1.807) is 6.92 Å². The molecule has 0 radical (unpaired) electrons. The third kappa shape index (κ3) is 3.31. The summed E-state index contributed by atoms with van der Waals surface area (Å²) >= 11 is 0. The number of rotatable bonds is 5. The van der Waals surface area contributed by atoms with Crippen molar-refractivity contribution in [1.82, 2.24) is 9.88 Å². The van der Waals surface area contributed by atoms with E-state index in [-0.39, 0.29) is 5.57 Å². The Morgan fingerprint density at radius 2 is 1.60 bits per heavy atom. The molecule has 2 aromatic carbocycles. The topological polar surface area (TPSA) is 91.6 Å². The normalized spacial score (nSPS) is 18.6. The number of hydrogen-bond donors (Lipinski definition) is 3. The second-order valence-corrected chi connectivity index (χ2v) is 7.43. The molecule has 3 N–H and O–H groups in total. The summed E-state index contributed by atoms with van der Waals surface area (Å²) < 4.78 is 2.10. The molecule has 0 aliphatic carbocycles. The molecule has 0 spiro atoms. The fourth-order valence-corrected chi connectivity index (χ4v) is 4.23. The van der Waals surface area contributed by atoms with Crippen molar-refractivity contribution in [3.05, 3.63) is 84.1 Å². The fraction of sp³-hybridized carbons (Fsp3) is 0.167. The van der Waals surface area contributed by atoms with Gasteiger partial charge in [0.05, 0.1) is 16.8 Å². The summed E-state index contributed by atoms with van der Waals surface area (Å²) in [5.41, 5.74) is 3.37. The van der Waals surface area contributed by atoms with Gasteiger partial charge in [0.15, 0.2) is 0 Å². The van der Waals surface area contributed by atoms with E-state index >= 15 is 0 Å². The third-order valence-electron chi connectivity index (χ3n) is 5.59. The quantitative estimate of drug-likeness (QED) is 0.566. The first-order chi connectivity index (χ1) is 14.4. The Kier molecular flexibility index (Phi) is 5.01. The minimum Gasteiger partial charge on any atom is -0.478 e. The van der Waals surface area contributed by atoms with E-state index in [1.165, 1.54) is 0 Å². The molecule has 0 saturated carbocycles. The predicted molar refractivity (Wildman–Crippen MR) is 114 cm³/mol. The molecule has 30 heavy (non-hydrogen) atoms. The number of nitrogens with zero attached hydrogens (tertiary/aromatic N) is 1. The lowest BCUT2D eigenvalue weighted by molar-refractivity contribution is -0.136. The summed E-state index contributed by atoms with van der Waals surface area (Å²) in [7, 11) is 0. The molecule has 0 fully saturated rings. The van der Waals surface area contributed by atoms with Crippen molar-refractivity contribution < 1.29 is 19.8 Å². The van der Waals surface area contributed by atoms with Gasteiger partial charge in [-0.15, -0.1) is 0 Å². The van der Waals surface area contributed by atoms with Crippen LogP contribution in [0.4, 0.5) is 0 Å². The van der Waals surface area contributed by atoms with Crippen LogP contribution in [0.25, 0.3) is 22.4 Å². The lowest BCUT2D eigenvalue weighted by atomic mass is 9.86. The highest BCUT2D eigenvalue weighted by Gasteiger charge is 2.41. The number of aromatic nitrogens is 1. The van der Waals surface area contributed by atoms with Gasteiger partial charge in [0.25, 0.3) is 0 Å². The lowest BCUT2D eigenvalue weighted by Crippen LogP contribution is -2.50. The van der Waals surface area contributed by atoms with Crippen molar-refractivity contribution in [1.29, 1.82) is 0 Å². The zero-order valence-electron chi connectivity index (χ0n) is 16.5. The zero-order valence-corrected chi connectivity index (χ0v) is 16.5. The van der Waals surface area contributed by atoms with E-state index in [2.05, 4.69) is 9.88 Å². The summed E-state index contributed by atoms with van der Waals surface area (Å²) in [4.78, 5) is 23.4. The molecule has 1 aliphatic heterocycles. The maximum Gasteiger partial charge on any atom is 0.334 e. The van der Waals surface area contributed by atoms with E-state index < -0.39 is 17.5 Å². The molecule has 6 heteroatoms. The Hall–Kier alpha value is -3.64. The second kappa shape index (κ2) is 7.65. The summed E-state index contributed by atoms with van der Waals surface area (Å²) in [6, 6.07) is 21.8. The maximum absolute atomic E-state index is 12.0. The smallest absolute Gasteiger partial charge is 0.334 e. The van der Waals surface area contributed by atoms with E-state index in [0.29, 0.717) is 13.1 Å². The van der Waals surface area contributed by atoms with Gasteiger partial charge < -0.3 is 20.1 Å². The van der Waals surface area contributed by atoms with Gasteiger partial charge in [0.2, 0.25) is 0 Å². The van der Waals surface area contributed by atoms with Gasteiger partial charge in [-0.2, -0.15) is 0 Å². The van der Waals surface area contributed by atoms with Crippen molar-refractivity contribution in [2.45, 2.75) is 19.0 Å². The number of aliphatic carboxylic acids is 2. The van der Waals surface area contributed by atoms with Crippen LogP contribution in [0.5, 0.6) is 0 Å². The Morgan fingerprint density at radius 1 is 1.00 bits per heavy atom. The number of hydrogen-bond acceptors (Lipinski definition) is 3. The largest absolute Gasteiger partial charge is 0.478 e. The Morgan fingerprint density at radius 3 is 2.17 bits per heavy atom. The molecule has 4 rings (SSSR count). The average molecular weight is 402 g/mol. The minimum absolute atomic E-state index is 0.201. The number of benzene rings is 2. The van der Waals surface area contributed by atoms with Crippen LogP contribution in [0, 0.1) is 0 Å². The predicted octanol–water partition coefficient (Wildman–Crippen LogP) is 3.74. The van der Waals surface area contributed by atoms with Crippen molar-refractivity contribution in [3.63, 3.8) is 0 Å². The summed E-state index contributed by atoms with van der Waals surface area (Å²) in [5, 5.41) is 22.3. The maximum atomic E-state index is 12.0. The number of fused-ring (bicyclic) bond motifs is 1. The lowest BCUT2D eigenvalue weighted by Gasteiger charge is -2.37. The molecule has 1 unspecified atom stereocenters. The monoisotopic (exact) mass is 402 g/mol. The van der Waals surface area contributed by atoms with E-state index in [0.717, 1.165) is 34.2 Å². The summed E-state index contributed by atoms with van der Waals surface area (Å²) in [6.07, 6.45) is 0.780. The highest BCUT2D eigenvalue weighted by atomic mass is 16.4. The summed E-state index contributed by atoms with van der Waals surface area (Å²) in [5.74, 6) is -2.55. The van der Waals surface area contributed by atoms with Crippen molar-refractivity contribution >= 4 is 11.9 Å². The van der Waals surface area contributed by atoms with E-state index in [9.17, 15) is 19.8 Å². The molecule has 1 atom stereocenters. The van der Waals surface area contributed by atoms with Crippen LogP contribution >= 0.6 is 0 Å². The van der Waals surface area contributed by atoms with Crippen molar-refractivity contribution in [2.24, 2.45) is 0 Å². The Labute approximate surface area is 174 Å². The van der Waals surface area contributed by atoms with Crippen LogP contribution in [0.1, 0.15) is 12.6 Å². The second-order valence-electron chi connectivity index (χ2n) is 7.43. The molecule has 0 saturated heterocycles. The zero-order chi connectivity index (χ0) is 21.3. The van der Waals surface area contributed by atoms with Crippen molar-refractivity contribution in [2.75, 3.05) is 6.54 Å². The molecular weight excluding hydrogens is 380 g/mol. The molecule has 0 amide bonds. The first-order valence-corrected chi connectivity index (χ1v) is 9.70. The highest BCUT2D eigenvalue weighted by Crippen LogP contribution is 2.42. The molecular formula is C24H22N2O4. The van der Waals surface area contributed by atoms with Crippen LogP contribution in [-0.2, 0) is 21.7 Å². The molecule has 1 aliphatic rings. The number of carbonyl (C=O) groups is 2. The Bertz CT molecular complexity index is 1130. The van der Waals surface area contributed by atoms with Gasteiger partial charge in [-0.25, -0.2) is 9.59 Å². The molecule has 3 aromatic rings. The first kappa shape index (κ1) is 19.7. The molecule has 152 valence electrons. The SMILES string of the molecule is CC1(C(=CC(=O)O)C(=O)O)NCCn2c1cc(-c1ccccc1)c2-c1ccccc1. The highest BCUT2D eigenvalue weighted by molar-refractivity contribution is 5.97. The third-order valence-corrected chi connectivity index (χ3v) is 5.59. The molecule has 1 aromatic heterocycles. The van der Waals surface area contributed by atoms with Crippen LogP contribution in [-0.4, -0.2) is 33.3 Å². The van der Waals surface area contributed by atoms with Gasteiger partial charge in [0, 0.05) is 30.4 Å². The molecule has 0 bridgehead atoms. The van der Waals surface area contributed by atoms with Gasteiger partial charge in [-0.1, -0.05) is 60.7 Å². The molecule has 6 nitrogen and oxygen atoms in total. The van der Waals surface area contributed by atoms with Gasteiger partial charge in [-0.3, -0.25) is 0 Å². The van der Waals surface area contributed by atoms with Crippen molar-refractivity contribution in [3.8, 4) is 22.4 Å². The number of carboxylic acids is 2. The van der Waals surface area contributed by atoms with E-state index in [1.807, 2.05) is 66.7 Å². The van der Waals surface area contributed by atoms with Crippen LogP contribution in [0.3, 0.4) is 0 Å². The minimum atomic E-state index is -1.29. The van der Waals surface area contributed by atoms with Gasteiger partial charge in [-0.05, 0) is 24.1 Å². The van der Waals surface area contributed by atoms with Crippen LogP contribution in [0.2, 0.25) is 0 Å². The van der Waals surface area contributed by atoms with Crippen LogP contribution < -0.4 is 5.32 Å². The van der Waals surface area contributed by atoms with Crippen LogP contribution in [0.15, 0.2) is 78.4 Å². The summed E-state index contributed by atoms with van der Waals surface area (Å²) in [6.45, 7) is 2.88. The first-order valence-electron chi connectivity index (χ1n) is 9.70. The van der Waals surface area contributed by atoms with Gasteiger partial charge in [0.1, 0.15) is 0 Å². The number of carboxylic acid groups (broad SMARTS) is 2. The van der Waals surface area contributed by atoms with Gasteiger partial charge >= 0.3 is 11.9 Å². The average Bonchev–Trinajstić information content (AvgIpc) is 3.14. The molecule has 2 heterocycles. The number of nitrogens with one attached hydrogen (secondary N) is 1. The standard InChI is InChI=1S/C24H22N2O4/c1-24(19(23(29)30)15-21(27)28)20-14-18(16-8-4-2-5-9-16)22(26(20)13-12-25-24)17-10-6-3-7-11-17/h2-11,14-15,25H,12-13H2,1H3,(H,27,28)(H,29,30). The fourth-order valence-electron chi connectivity index (χ4n) is 4.23.